The van der Waals surface area contributed by atoms with Crippen LogP contribution in [0.15, 0.2) is 146 Å². The fourth-order valence-corrected chi connectivity index (χ4v) is 8.10. The topological polar surface area (TPSA) is 35.6 Å². The number of aromatic nitrogens is 4. The molecule has 0 bridgehead atoms. The zero-order valence-electron chi connectivity index (χ0n) is 26.1. The molecule has 0 amide bonds. The van der Waals surface area contributed by atoms with Crippen molar-refractivity contribution in [3.63, 3.8) is 0 Å². The van der Waals surface area contributed by atoms with Gasteiger partial charge >= 0.3 is 0 Å². The molecule has 9 aromatic rings. The molecule has 4 nitrogen and oxygen atoms in total. The summed E-state index contributed by atoms with van der Waals surface area (Å²) < 4.78 is 4.45. The number of hydrogen-bond acceptors (Lipinski definition) is 2. The van der Waals surface area contributed by atoms with E-state index in [-0.39, 0.29) is 5.41 Å². The summed E-state index contributed by atoms with van der Waals surface area (Å²) in [7, 11) is 0. The highest BCUT2D eigenvalue weighted by molar-refractivity contribution is 6.21. The van der Waals surface area contributed by atoms with Gasteiger partial charge in [0.25, 0.3) is 0 Å². The molecule has 1 aliphatic rings. The fourth-order valence-electron chi connectivity index (χ4n) is 8.10. The van der Waals surface area contributed by atoms with Crippen LogP contribution in [0.4, 0.5) is 0 Å². The van der Waals surface area contributed by atoms with Crippen LogP contribution in [0, 0.1) is 0 Å². The average Bonchev–Trinajstić information content (AvgIpc) is 3.77. The largest absolute Gasteiger partial charge is 0.301 e. The zero-order valence-corrected chi connectivity index (χ0v) is 26.1. The molecule has 222 valence electrons. The van der Waals surface area contributed by atoms with Crippen molar-refractivity contribution in [3.8, 4) is 34.0 Å². The Morgan fingerprint density at radius 2 is 1.26 bits per heavy atom. The zero-order chi connectivity index (χ0) is 31.3. The lowest BCUT2D eigenvalue weighted by Gasteiger charge is -2.24. The molecule has 3 heterocycles. The van der Waals surface area contributed by atoms with Gasteiger partial charge in [-0.2, -0.15) is 4.98 Å². The van der Waals surface area contributed by atoms with Crippen LogP contribution < -0.4 is 0 Å². The quantitative estimate of drug-likeness (QED) is 0.202. The molecule has 6 aromatic carbocycles. The van der Waals surface area contributed by atoms with E-state index in [1.54, 1.807) is 0 Å². The minimum Gasteiger partial charge on any atom is -0.301 e. The van der Waals surface area contributed by atoms with Crippen molar-refractivity contribution in [2.45, 2.75) is 19.3 Å². The Morgan fingerprint density at radius 1 is 0.532 bits per heavy atom. The number of rotatable bonds is 3. The van der Waals surface area contributed by atoms with E-state index < -0.39 is 0 Å². The maximum atomic E-state index is 5.55. The van der Waals surface area contributed by atoms with E-state index in [0.717, 1.165) is 39.0 Å². The van der Waals surface area contributed by atoms with Gasteiger partial charge in [-0.3, -0.25) is 4.57 Å². The predicted molar refractivity (Wildman–Crippen MR) is 194 cm³/mol. The van der Waals surface area contributed by atoms with Gasteiger partial charge in [0.15, 0.2) is 5.65 Å². The molecule has 47 heavy (non-hydrogen) atoms. The molecular weight excluding hydrogens is 573 g/mol. The highest BCUT2D eigenvalue weighted by Gasteiger charge is 2.38. The van der Waals surface area contributed by atoms with Gasteiger partial charge in [0.05, 0.1) is 16.7 Å². The van der Waals surface area contributed by atoms with Gasteiger partial charge < -0.3 is 4.57 Å². The average molecular weight is 603 g/mol. The van der Waals surface area contributed by atoms with Gasteiger partial charge in [-0.15, -0.1) is 0 Å². The smallest absolute Gasteiger partial charge is 0.237 e. The Kier molecular flexibility index (Phi) is 5.31. The van der Waals surface area contributed by atoms with E-state index >= 15 is 0 Å². The second kappa shape index (κ2) is 9.51. The Bertz CT molecular complexity index is 2710. The maximum absolute atomic E-state index is 5.55. The molecule has 0 N–H and O–H groups in total. The lowest BCUT2D eigenvalue weighted by Crippen LogP contribution is -2.16. The molecule has 4 heteroatoms. The predicted octanol–water partition coefficient (Wildman–Crippen LogP) is 10.6. The van der Waals surface area contributed by atoms with Gasteiger partial charge in [0.1, 0.15) is 0 Å². The molecule has 0 saturated carbocycles. The first kappa shape index (κ1) is 26.2. The van der Waals surface area contributed by atoms with E-state index in [4.69, 9.17) is 9.97 Å². The van der Waals surface area contributed by atoms with E-state index in [9.17, 15) is 0 Å². The number of nitrogens with zero attached hydrogens (tertiary/aromatic N) is 4. The summed E-state index contributed by atoms with van der Waals surface area (Å²) in [6.45, 7) is 4.68. The van der Waals surface area contributed by atoms with Crippen molar-refractivity contribution >= 4 is 43.6 Å². The molecule has 0 spiro atoms. The van der Waals surface area contributed by atoms with E-state index in [2.05, 4.69) is 169 Å². The van der Waals surface area contributed by atoms with Gasteiger partial charge in [-0.25, -0.2) is 4.98 Å². The molecule has 0 radical (unpaired) electrons. The molecule has 10 rings (SSSR count). The molecule has 0 unspecified atom stereocenters. The van der Waals surface area contributed by atoms with Gasteiger partial charge in [-0.1, -0.05) is 123 Å². The first-order valence-corrected chi connectivity index (χ1v) is 16.2. The van der Waals surface area contributed by atoms with Crippen LogP contribution in [0.3, 0.4) is 0 Å². The van der Waals surface area contributed by atoms with Crippen LogP contribution in [0.1, 0.15) is 25.0 Å². The lowest BCUT2D eigenvalue weighted by atomic mass is 9.79. The van der Waals surface area contributed by atoms with Crippen molar-refractivity contribution < 1.29 is 0 Å². The summed E-state index contributed by atoms with van der Waals surface area (Å²) >= 11 is 0. The first-order valence-electron chi connectivity index (χ1n) is 16.2. The second-order valence-corrected chi connectivity index (χ2v) is 13.1. The van der Waals surface area contributed by atoms with Crippen LogP contribution in [0.25, 0.3) is 77.6 Å². The highest BCUT2D eigenvalue weighted by atomic mass is 15.2. The molecule has 1 aliphatic carbocycles. The van der Waals surface area contributed by atoms with Gasteiger partial charge in [0, 0.05) is 39.0 Å². The maximum Gasteiger partial charge on any atom is 0.237 e. The van der Waals surface area contributed by atoms with Crippen molar-refractivity contribution in [1.29, 1.82) is 0 Å². The summed E-state index contributed by atoms with van der Waals surface area (Å²) in [5.74, 6) is 0.663. The number of benzene rings is 6. The monoisotopic (exact) mass is 602 g/mol. The molecule has 0 aliphatic heterocycles. The third kappa shape index (κ3) is 3.58. The van der Waals surface area contributed by atoms with Crippen LogP contribution >= 0.6 is 0 Å². The van der Waals surface area contributed by atoms with Crippen molar-refractivity contribution in [1.82, 2.24) is 19.1 Å². The Morgan fingerprint density at radius 3 is 2.15 bits per heavy atom. The van der Waals surface area contributed by atoms with Crippen molar-refractivity contribution in [2.24, 2.45) is 0 Å². The van der Waals surface area contributed by atoms with Crippen LogP contribution in [-0.2, 0) is 5.41 Å². The number of hydrogen-bond donors (Lipinski definition) is 0. The highest BCUT2D eigenvalue weighted by Crippen LogP contribution is 2.52. The third-order valence-electron chi connectivity index (χ3n) is 10.2. The Hall–Kier alpha value is -6.00. The molecule has 3 aromatic heterocycles. The number of fused-ring (bicyclic) bond motifs is 9. The van der Waals surface area contributed by atoms with Crippen LogP contribution in [-0.4, -0.2) is 19.1 Å². The summed E-state index contributed by atoms with van der Waals surface area (Å²) in [4.78, 5) is 11.0. The summed E-state index contributed by atoms with van der Waals surface area (Å²) in [6, 6.07) is 49.9. The van der Waals surface area contributed by atoms with E-state index in [1.807, 2.05) is 0 Å². The normalized spacial score (nSPS) is 13.5. The SMILES string of the molecule is CC1(C)c2ccccc2-c2cccc(-c3nc(-n4c5ccccc5c5c6ccccc6ccc54)nc4c3ccn4-c3ccccc3)c21. The van der Waals surface area contributed by atoms with Crippen molar-refractivity contribution in [3.05, 3.63) is 157 Å². The second-order valence-electron chi connectivity index (χ2n) is 13.1. The first-order chi connectivity index (χ1) is 23.1. The fraction of sp³-hybridized carbons (Fsp3) is 0.0698. The minimum absolute atomic E-state index is 0.187. The molecule has 0 saturated heterocycles. The summed E-state index contributed by atoms with van der Waals surface area (Å²) in [6.07, 6.45) is 2.13. The summed E-state index contributed by atoms with van der Waals surface area (Å²) in [5, 5.41) is 5.90. The molecule has 0 fully saturated rings. The number of para-hydroxylation sites is 2. The van der Waals surface area contributed by atoms with E-state index in [0.29, 0.717) is 5.95 Å². The van der Waals surface area contributed by atoms with Crippen LogP contribution in [0.2, 0.25) is 0 Å². The lowest BCUT2D eigenvalue weighted by molar-refractivity contribution is 0.662. The molecule has 0 atom stereocenters. The minimum atomic E-state index is -0.187. The van der Waals surface area contributed by atoms with Gasteiger partial charge in [-0.05, 0) is 63.4 Å². The van der Waals surface area contributed by atoms with Crippen molar-refractivity contribution in [2.75, 3.05) is 0 Å². The summed E-state index contributed by atoms with van der Waals surface area (Å²) in [5.41, 5.74) is 11.3. The molecular formula is C43H30N4. The Labute approximate surface area is 272 Å². The third-order valence-corrected chi connectivity index (χ3v) is 10.2. The van der Waals surface area contributed by atoms with Crippen LogP contribution in [0.5, 0.6) is 0 Å². The van der Waals surface area contributed by atoms with E-state index in [1.165, 1.54) is 43.8 Å². The van der Waals surface area contributed by atoms with Gasteiger partial charge in [0.2, 0.25) is 5.95 Å². The standard InChI is InChI=1S/C43H30N4/c1-43(2)35-21-10-8-17-30(35)31-19-12-20-33(39(31)43)40-34-25-26-46(28-14-4-3-5-15-28)41(34)45-42(44-40)47-36-22-11-9-18-32(36)38-29-16-7-6-13-27(29)23-24-37(38)47/h3-26H,1-2H3. The Balaban J connectivity index is 1.34.